The van der Waals surface area contributed by atoms with Crippen molar-refractivity contribution in [1.29, 1.82) is 0 Å². The highest BCUT2D eigenvalue weighted by Gasteiger charge is 2.75. The molecule has 5 heteroatoms. The van der Waals surface area contributed by atoms with Gasteiger partial charge in [0.25, 0.3) is 0 Å². The lowest BCUT2D eigenvalue weighted by atomic mass is 9.59. The van der Waals surface area contributed by atoms with E-state index in [-0.39, 0.29) is 28.6 Å². The van der Waals surface area contributed by atoms with Gasteiger partial charge >= 0.3 is 0 Å². The molecule has 138 valence electrons. The van der Waals surface area contributed by atoms with Crippen molar-refractivity contribution in [3.63, 3.8) is 0 Å². The summed E-state index contributed by atoms with van der Waals surface area (Å²) in [6, 6.07) is 0. The molecule has 4 aliphatic carbocycles. The van der Waals surface area contributed by atoms with E-state index in [4.69, 9.17) is 0 Å². The molecule has 0 aromatic heterocycles. The quantitative estimate of drug-likeness (QED) is 0.526. The highest BCUT2D eigenvalue weighted by molar-refractivity contribution is 5.95. The molecule has 0 heterocycles. The molecule has 0 amide bonds. The number of rotatable bonds is 1. The van der Waals surface area contributed by atoms with E-state index in [1.54, 1.807) is 19.1 Å². The van der Waals surface area contributed by atoms with Gasteiger partial charge in [0.2, 0.25) is 0 Å². The first-order chi connectivity index (χ1) is 11.5. The lowest BCUT2D eigenvalue weighted by Crippen LogP contribution is -2.65. The summed E-state index contributed by atoms with van der Waals surface area (Å²) < 4.78 is 0. The maximum atomic E-state index is 13.7. The van der Waals surface area contributed by atoms with Crippen LogP contribution in [0.2, 0.25) is 0 Å². The molecule has 0 saturated heterocycles. The third-order valence-electron chi connectivity index (χ3n) is 7.93. The lowest BCUT2D eigenvalue weighted by molar-refractivity contribution is -0.190. The molecule has 4 rings (SSSR count). The van der Waals surface area contributed by atoms with E-state index >= 15 is 0 Å². The van der Waals surface area contributed by atoms with Crippen molar-refractivity contribution in [2.75, 3.05) is 6.61 Å². The van der Waals surface area contributed by atoms with E-state index < -0.39 is 35.7 Å². The molecule has 5 nitrogen and oxygen atoms in total. The molecule has 0 radical (unpaired) electrons. The Labute approximate surface area is 148 Å². The zero-order valence-electron chi connectivity index (χ0n) is 15.2. The third-order valence-corrected chi connectivity index (χ3v) is 7.93. The van der Waals surface area contributed by atoms with Crippen molar-refractivity contribution < 1.29 is 25.2 Å². The molecular weight excluding hydrogens is 320 g/mol. The summed E-state index contributed by atoms with van der Waals surface area (Å²) in [7, 11) is 0. The lowest BCUT2D eigenvalue weighted by Gasteiger charge is -2.48. The number of aliphatic hydroxyl groups is 4. The van der Waals surface area contributed by atoms with Crippen LogP contribution < -0.4 is 0 Å². The van der Waals surface area contributed by atoms with Crippen LogP contribution in [-0.4, -0.2) is 50.6 Å². The van der Waals surface area contributed by atoms with Crippen molar-refractivity contribution in [3.05, 3.63) is 23.3 Å². The van der Waals surface area contributed by atoms with E-state index in [1.165, 1.54) is 0 Å². The Balaban J connectivity index is 1.99. The topological polar surface area (TPSA) is 98.0 Å². The standard InChI is InChI=1S/C20H28O5/c1-9-7-19-10(2)5-13-14(18(13,3)4)12(17(19)24)6-11(8-21)16(23)20(19,25)15(9)22/h6-7,10,12-16,21-23,25H,5,8H2,1-4H3/t10-,12-,13?,14?,15+,16-,19+,20-/m1/s1. The summed E-state index contributed by atoms with van der Waals surface area (Å²) in [5.41, 5.74) is -2.58. The first kappa shape index (κ1) is 17.4. The van der Waals surface area contributed by atoms with Crippen LogP contribution in [0.15, 0.2) is 23.3 Å². The fourth-order valence-corrected chi connectivity index (χ4v) is 6.43. The number of allylic oxidation sites excluding steroid dienone is 1. The van der Waals surface area contributed by atoms with Crippen molar-refractivity contribution >= 4 is 5.78 Å². The fourth-order valence-electron chi connectivity index (χ4n) is 6.43. The molecule has 0 aromatic rings. The Hall–Kier alpha value is -1.01. The van der Waals surface area contributed by atoms with Crippen LogP contribution in [0.5, 0.6) is 0 Å². The predicted octanol–water partition coefficient (Wildman–Crippen LogP) is 0.815. The summed E-state index contributed by atoms with van der Waals surface area (Å²) in [5, 5.41) is 43.0. The minimum absolute atomic E-state index is 0.0245. The molecular formula is C20H28O5. The Bertz CT molecular complexity index is 707. The van der Waals surface area contributed by atoms with Gasteiger partial charge in [-0.2, -0.15) is 0 Å². The molecule has 1 spiro atoms. The smallest absolute Gasteiger partial charge is 0.153 e. The minimum atomic E-state index is -2.03. The second-order valence-corrected chi connectivity index (χ2v) is 9.27. The molecule has 2 saturated carbocycles. The van der Waals surface area contributed by atoms with Crippen LogP contribution in [-0.2, 0) is 4.79 Å². The highest BCUT2D eigenvalue weighted by Crippen LogP contribution is 2.71. The van der Waals surface area contributed by atoms with E-state index in [0.29, 0.717) is 11.5 Å². The molecule has 4 aliphatic rings. The SMILES string of the molecule is CC1=C[C@]23C(=O)[C@H](C=C(CO)[C@@H](O)[C@]2(O)[C@H]1O)C1C(C[C@H]3C)C1(C)C. The number of ketones is 1. The van der Waals surface area contributed by atoms with Crippen molar-refractivity contribution in [2.45, 2.75) is 51.9 Å². The highest BCUT2D eigenvalue weighted by atomic mass is 16.4. The van der Waals surface area contributed by atoms with Crippen LogP contribution in [0.1, 0.15) is 34.1 Å². The van der Waals surface area contributed by atoms with E-state index in [1.807, 2.05) is 6.92 Å². The van der Waals surface area contributed by atoms with Gasteiger partial charge in [0.1, 0.15) is 17.8 Å². The van der Waals surface area contributed by atoms with Gasteiger partial charge in [-0.05, 0) is 47.7 Å². The van der Waals surface area contributed by atoms with Gasteiger partial charge in [0, 0.05) is 5.92 Å². The van der Waals surface area contributed by atoms with Gasteiger partial charge < -0.3 is 20.4 Å². The molecule has 2 bridgehead atoms. The number of hydrogen-bond donors (Lipinski definition) is 4. The van der Waals surface area contributed by atoms with Gasteiger partial charge in [-0.25, -0.2) is 0 Å². The normalized spacial score (nSPS) is 53.2. The third kappa shape index (κ3) is 1.71. The molecule has 2 unspecified atom stereocenters. The number of fused-ring (bicyclic) bond motifs is 3. The zero-order valence-corrected chi connectivity index (χ0v) is 15.2. The van der Waals surface area contributed by atoms with Crippen LogP contribution in [0.3, 0.4) is 0 Å². The number of Topliss-reactive ketones (excluding diaryl/α,β-unsaturated/α-hetero) is 1. The summed E-state index contributed by atoms with van der Waals surface area (Å²) in [6.07, 6.45) is 1.34. The summed E-state index contributed by atoms with van der Waals surface area (Å²) in [4.78, 5) is 13.7. The minimum Gasteiger partial charge on any atom is -0.392 e. The average molecular weight is 348 g/mol. The number of carbonyl (C=O) groups excluding carboxylic acids is 1. The first-order valence-corrected chi connectivity index (χ1v) is 9.18. The van der Waals surface area contributed by atoms with Crippen molar-refractivity contribution in [2.24, 2.45) is 34.5 Å². The number of carbonyl (C=O) groups is 1. The van der Waals surface area contributed by atoms with Gasteiger partial charge in [0.15, 0.2) is 5.78 Å². The Morgan fingerprint density at radius 1 is 1.24 bits per heavy atom. The van der Waals surface area contributed by atoms with Gasteiger partial charge in [-0.3, -0.25) is 4.79 Å². The Morgan fingerprint density at radius 2 is 1.88 bits per heavy atom. The summed E-state index contributed by atoms with van der Waals surface area (Å²) >= 11 is 0. The van der Waals surface area contributed by atoms with Crippen molar-refractivity contribution in [3.8, 4) is 0 Å². The molecule has 0 aliphatic heterocycles. The maximum absolute atomic E-state index is 13.7. The second-order valence-electron chi connectivity index (χ2n) is 9.27. The van der Waals surface area contributed by atoms with E-state index in [0.717, 1.165) is 6.42 Å². The Kier molecular flexibility index (Phi) is 3.36. The van der Waals surface area contributed by atoms with Crippen molar-refractivity contribution in [1.82, 2.24) is 0 Å². The fraction of sp³-hybridized carbons (Fsp3) is 0.750. The van der Waals surface area contributed by atoms with Gasteiger partial charge in [0.05, 0.1) is 12.0 Å². The van der Waals surface area contributed by atoms with E-state index in [9.17, 15) is 25.2 Å². The molecule has 2 fully saturated rings. The van der Waals surface area contributed by atoms with E-state index in [2.05, 4.69) is 13.8 Å². The second kappa shape index (κ2) is 4.83. The van der Waals surface area contributed by atoms with Crippen LogP contribution >= 0.6 is 0 Å². The molecule has 0 aromatic carbocycles. The van der Waals surface area contributed by atoms with Gasteiger partial charge in [-0.15, -0.1) is 0 Å². The number of hydrogen-bond acceptors (Lipinski definition) is 5. The van der Waals surface area contributed by atoms with Crippen LogP contribution in [0.25, 0.3) is 0 Å². The average Bonchev–Trinajstić information content (AvgIpc) is 3.05. The van der Waals surface area contributed by atoms with Crippen LogP contribution in [0, 0.1) is 34.5 Å². The molecule has 25 heavy (non-hydrogen) atoms. The largest absolute Gasteiger partial charge is 0.392 e. The molecule has 4 N–H and O–H groups in total. The number of aliphatic hydroxyl groups excluding tert-OH is 3. The monoisotopic (exact) mass is 348 g/mol. The summed E-state index contributed by atoms with van der Waals surface area (Å²) in [6.45, 7) is 7.50. The van der Waals surface area contributed by atoms with Crippen LogP contribution in [0.4, 0.5) is 0 Å². The Morgan fingerprint density at radius 3 is 2.48 bits per heavy atom. The first-order valence-electron chi connectivity index (χ1n) is 9.18. The summed E-state index contributed by atoms with van der Waals surface area (Å²) in [5.74, 6) is -0.288. The molecule has 8 atom stereocenters. The predicted molar refractivity (Wildman–Crippen MR) is 91.4 cm³/mol. The van der Waals surface area contributed by atoms with Gasteiger partial charge in [-0.1, -0.05) is 32.9 Å². The zero-order chi connectivity index (χ0) is 18.5. The maximum Gasteiger partial charge on any atom is 0.153 e.